The fourth-order valence-electron chi connectivity index (χ4n) is 1.48. The summed E-state index contributed by atoms with van der Waals surface area (Å²) in [7, 11) is 0. The van der Waals surface area contributed by atoms with Gasteiger partial charge in [0.05, 0.1) is 12.2 Å². The Hall–Kier alpha value is -0.280. The minimum absolute atomic E-state index is 0.0234. The maximum atomic E-state index is 9.06. The maximum Gasteiger partial charge on any atom is 0.235 e. The van der Waals surface area contributed by atoms with Crippen LogP contribution in [0.5, 0.6) is 0 Å². The molecule has 6 N–H and O–H groups in total. The molecule has 20 heavy (non-hydrogen) atoms. The van der Waals surface area contributed by atoms with Gasteiger partial charge in [-0.3, -0.25) is 10.2 Å². The lowest BCUT2D eigenvalue weighted by Crippen LogP contribution is -2.46. The van der Waals surface area contributed by atoms with Gasteiger partial charge < -0.3 is 21.3 Å². The maximum absolute atomic E-state index is 9.06. The van der Waals surface area contributed by atoms with E-state index in [4.69, 9.17) is 26.1 Å². The molecule has 1 atom stereocenters. The lowest BCUT2D eigenvalue weighted by atomic mass is 10.2. The van der Waals surface area contributed by atoms with Crippen molar-refractivity contribution in [3.05, 3.63) is 0 Å². The normalized spacial score (nSPS) is 13.9. The Bertz CT molecular complexity index is 224. The minimum Gasteiger partial charge on any atom is -0.395 e. The number of nitrogens with two attached hydrogens (primary N) is 2. The van der Waals surface area contributed by atoms with Gasteiger partial charge in [-0.15, -0.1) is 0 Å². The van der Waals surface area contributed by atoms with Crippen molar-refractivity contribution < 1.29 is 14.7 Å². The molecule has 0 radical (unpaired) electrons. The summed E-state index contributed by atoms with van der Waals surface area (Å²) in [6.45, 7) is 8.89. The van der Waals surface area contributed by atoms with Gasteiger partial charge in [0, 0.05) is 19.6 Å². The second-order valence-corrected chi connectivity index (χ2v) is 5.56. The third kappa shape index (κ3) is 11.5. The molecule has 1 unspecified atom stereocenters. The molecule has 122 valence electrons. The van der Waals surface area contributed by atoms with Crippen LogP contribution in [0.2, 0.25) is 0 Å². The van der Waals surface area contributed by atoms with Gasteiger partial charge in [0.25, 0.3) is 0 Å². The molecule has 0 aliphatic heterocycles. The molecular formula is C13H32N4O3. The van der Waals surface area contributed by atoms with Crippen LogP contribution in [0.15, 0.2) is 0 Å². The highest BCUT2D eigenvalue weighted by Crippen LogP contribution is 2.11. The number of hydrogen-bond donors (Lipinski definition) is 4. The van der Waals surface area contributed by atoms with Crippen molar-refractivity contribution >= 4 is 0 Å². The van der Waals surface area contributed by atoms with Gasteiger partial charge in [0.15, 0.2) is 0 Å². The molecule has 0 heterocycles. The lowest BCUT2D eigenvalue weighted by molar-refractivity contribution is -0.315. The van der Waals surface area contributed by atoms with E-state index in [2.05, 4.69) is 5.32 Å². The van der Waals surface area contributed by atoms with Crippen LogP contribution in [-0.2, 0) is 9.57 Å². The van der Waals surface area contributed by atoms with Crippen LogP contribution in [0.4, 0.5) is 0 Å². The minimum atomic E-state index is -0.564. The van der Waals surface area contributed by atoms with Gasteiger partial charge in [0.2, 0.25) is 6.41 Å². The zero-order valence-corrected chi connectivity index (χ0v) is 13.1. The highest BCUT2D eigenvalue weighted by Gasteiger charge is 2.21. The van der Waals surface area contributed by atoms with E-state index in [1.165, 1.54) is 0 Å². The number of rotatable bonds is 12. The van der Waals surface area contributed by atoms with Gasteiger partial charge in [-0.1, -0.05) is 0 Å². The Labute approximate surface area is 122 Å². The molecule has 0 amide bonds. The summed E-state index contributed by atoms with van der Waals surface area (Å²) in [6, 6.07) is 0. The average molecular weight is 292 g/mol. The fourth-order valence-corrected chi connectivity index (χ4v) is 1.48. The van der Waals surface area contributed by atoms with Crippen LogP contribution in [0.1, 0.15) is 33.6 Å². The van der Waals surface area contributed by atoms with Crippen molar-refractivity contribution in [2.75, 3.05) is 39.3 Å². The molecule has 0 saturated heterocycles. The monoisotopic (exact) mass is 292 g/mol. The summed E-state index contributed by atoms with van der Waals surface area (Å²) in [6.07, 6.45) is 1.08. The third-order valence-corrected chi connectivity index (χ3v) is 2.36. The second kappa shape index (κ2) is 11.4. The van der Waals surface area contributed by atoms with Crippen LogP contribution in [0, 0.1) is 0 Å². The van der Waals surface area contributed by atoms with Crippen molar-refractivity contribution in [3.8, 4) is 0 Å². The van der Waals surface area contributed by atoms with Crippen LogP contribution in [-0.4, -0.2) is 61.5 Å². The molecule has 0 aromatic heterocycles. The Balaban J connectivity index is 4.38. The predicted octanol–water partition coefficient (Wildman–Crippen LogP) is -0.402. The molecule has 0 saturated carbocycles. The van der Waals surface area contributed by atoms with E-state index in [1.807, 2.05) is 20.8 Å². The molecule has 0 spiro atoms. The van der Waals surface area contributed by atoms with Crippen molar-refractivity contribution in [1.29, 1.82) is 0 Å². The number of aliphatic hydroxyl groups excluding tert-OH is 1. The van der Waals surface area contributed by atoms with Crippen LogP contribution >= 0.6 is 0 Å². The van der Waals surface area contributed by atoms with E-state index in [0.29, 0.717) is 32.7 Å². The molecule has 7 nitrogen and oxygen atoms in total. The molecule has 0 rings (SSSR count). The highest BCUT2D eigenvalue weighted by molar-refractivity contribution is 4.61. The van der Waals surface area contributed by atoms with Gasteiger partial charge >= 0.3 is 0 Å². The first-order valence-corrected chi connectivity index (χ1v) is 7.27. The largest absolute Gasteiger partial charge is 0.395 e. The van der Waals surface area contributed by atoms with Crippen molar-refractivity contribution in [2.45, 2.75) is 45.6 Å². The van der Waals surface area contributed by atoms with Gasteiger partial charge in [-0.05, 0) is 46.7 Å². The molecule has 0 aliphatic carbocycles. The molecule has 7 heteroatoms. The van der Waals surface area contributed by atoms with Crippen molar-refractivity contribution in [3.63, 3.8) is 0 Å². The van der Waals surface area contributed by atoms with Crippen LogP contribution in [0.25, 0.3) is 0 Å². The van der Waals surface area contributed by atoms with Crippen LogP contribution in [0.3, 0.4) is 0 Å². The summed E-state index contributed by atoms with van der Waals surface area (Å²) < 4.78 is 5.81. The second-order valence-electron chi connectivity index (χ2n) is 5.56. The number of nitrogens with zero attached hydrogens (tertiary/aromatic N) is 1. The first-order chi connectivity index (χ1) is 9.42. The summed E-state index contributed by atoms with van der Waals surface area (Å²) in [5.74, 6) is 0. The summed E-state index contributed by atoms with van der Waals surface area (Å²) in [5.41, 5.74) is 10.6. The third-order valence-electron chi connectivity index (χ3n) is 2.36. The van der Waals surface area contributed by atoms with Crippen LogP contribution < -0.4 is 16.8 Å². The quantitative estimate of drug-likeness (QED) is 0.220. The summed E-state index contributed by atoms with van der Waals surface area (Å²) in [5, 5.41) is 13.9. The SMILES string of the molecule is CC(C)(C)OC(NCCCN)ON(CCO)CCCN. The average Bonchev–Trinajstić information content (AvgIpc) is 2.34. The Morgan fingerprint density at radius 2 is 1.80 bits per heavy atom. The molecule has 0 fully saturated rings. The molecule has 0 aromatic rings. The summed E-state index contributed by atoms with van der Waals surface area (Å²) >= 11 is 0. The first kappa shape index (κ1) is 19.7. The van der Waals surface area contributed by atoms with E-state index in [1.54, 1.807) is 5.06 Å². The molecule has 0 aromatic carbocycles. The zero-order chi connectivity index (χ0) is 15.4. The number of hydroxylamine groups is 2. The Morgan fingerprint density at radius 1 is 1.15 bits per heavy atom. The molecular weight excluding hydrogens is 260 g/mol. The van der Waals surface area contributed by atoms with Gasteiger partial charge in [-0.2, -0.15) is 5.06 Å². The van der Waals surface area contributed by atoms with Gasteiger partial charge in [0.1, 0.15) is 0 Å². The standard InChI is InChI=1S/C13H32N4O3/c1-13(2,3)19-12(16-8-4-6-14)20-17(10-11-18)9-5-7-15/h12,16,18H,4-11,14-15H2,1-3H3. The number of aliphatic hydroxyl groups is 1. The Kier molecular flexibility index (Phi) is 11.2. The first-order valence-electron chi connectivity index (χ1n) is 7.27. The van der Waals surface area contributed by atoms with E-state index < -0.39 is 6.41 Å². The molecule has 0 aliphatic rings. The van der Waals surface area contributed by atoms with E-state index in [-0.39, 0.29) is 12.2 Å². The van der Waals surface area contributed by atoms with Crippen molar-refractivity contribution in [2.24, 2.45) is 11.5 Å². The smallest absolute Gasteiger partial charge is 0.235 e. The fraction of sp³-hybridized carbons (Fsp3) is 1.00. The number of nitrogens with one attached hydrogen (secondary N) is 1. The summed E-state index contributed by atoms with van der Waals surface area (Å²) in [4.78, 5) is 5.76. The lowest BCUT2D eigenvalue weighted by Gasteiger charge is -2.32. The Morgan fingerprint density at radius 3 is 2.30 bits per heavy atom. The van der Waals surface area contributed by atoms with Crippen molar-refractivity contribution in [1.82, 2.24) is 10.4 Å². The number of ether oxygens (including phenoxy) is 1. The highest BCUT2D eigenvalue weighted by atomic mass is 16.8. The van der Waals surface area contributed by atoms with E-state index >= 15 is 0 Å². The van der Waals surface area contributed by atoms with E-state index in [0.717, 1.165) is 12.8 Å². The van der Waals surface area contributed by atoms with Gasteiger partial charge in [-0.25, -0.2) is 0 Å². The number of hydrogen-bond acceptors (Lipinski definition) is 7. The zero-order valence-electron chi connectivity index (χ0n) is 13.1. The molecule has 0 bridgehead atoms. The van der Waals surface area contributed by atoms with E-state index in [9.17, 15) is 0 Å². The predicted molar refractivity (Wildman–Crippen MR) is 79.7 cm³/mol. The topological polar surface area (TPSA) is 106 Å².